The molecule has 0 saturated heterocycles. The summed E-state index contributed by atoms with van der Waals surface area (Å²) < 4.78 is 0. The van der Waals surface area contributed by atoms with Gasteiger partial charge in [-0.05, 0) is 61.9 Å². The summed E-state index contributed by atoms with van der Waals surface area (Å²) in [7, 11) is 0. The molecule has 132 valence electrons. The lowest BCUT2D eigenvalue weighted by Gasteiger charge is -2.32. The molecule has 3 heterocycles. The van der Waals surface area contributed by atoms with Crippen molar-refractivity contribution >= 4 is 0 Å². The second kappa shape index (κ2) is 6.89. The number of hydrogen-bond acceptors (Lipinski definition) is 3. The van der Waals surface area contributed by atoms with Gasteiger partial charge in [-0.15, -0.1) is 0 Å². The van der Waals surface area contributed by atoms with Crippen LogP contribution in [-0.4, -0.2) is 33.4 Å². The van der Waals surface area contributed by atoms with Crippen molar-refractivity contribution in [3.05, 3.63) is 64.5 Å². The molecule has 3 heteroatoms. The number of fused-ring (bicyclic) bond motifs is 2. The van der Waals surface area contributed by atoms with Crippen LogP contribution in [0.5, 0.6) is 0 Å². The molecule has 2 aliphatic heterocycles. The molecule has 2 aliphatic rings. The average molecular weight is 335 g/mol. The van der Waals surface area contributed by atoms with Crippen LogP contribution in [0.4, 0.5) is 0 Å². The molecule has 0 amide bonds. The Kier molecular flexibility index (Phi) is 4.61. The van der Waals surface area contributed by atoms with Crippen molar-refractivity contribution in [2.45, 2.75) is 65.3 Å². The predicted octanol–water partition coefficient (Wildman–Crippen LogP) is 3.79. The van der Waals surface area contributed by atoms with E-state index in [1.54, 1.807) is 5.56 Å². The number of rotatable bonds is 4. The predicted molar refractivity (Wildman–Crippen MR) is 102 cm³/mol. The standard InChI is InChI=1S/C22H29N3/c1-16(2)24-10-8-19-7-6-18(12-21(19)14-24)11-17(3)25-13-20-5-4-9-23-22(20)15-25/h4-7,9,12,16-17H,8,10-11,13-15H2,1-3H3. The molecule has 0 spiro atoms. The smallest absolute Gasteiger partial charge is 0.0589 e. The second-order valence-corrected chi connectivity index (χ2v) is 7.98. The Morgan fingerprint density at radius 3 is 2.60 bits per heavy atom. The van der Waals surface area contributed by atoms with Crippen molar-refractivity contribution in [3.63, 3.8) is 0 Å². The Labute approximate surface area is 151 Å². The fourth-order valence-electron chi connectivity index (χ4n) is 4.21. The van der Waals surface area contributed by atoms with Crippen LogP contribution in [0.15, 0.2) is 36.5 Å². The van der Waals surface area contributed by atoms with E-state index in [0.717, 1.165) is 26.1 Å². The van der Waals surface area contributed by atoms with Crippen LogP contribution >= 0.6 is 0 Å². The van der Waals surface area contributed by atoms with E-state index in [1.165, 1.54) is 35.3 Å². The normalized spacial score (nSPS) is 19.0. The summed E-state index contributed by atoms with van der Waals surface area (Å²) >= 11 is 0. The van der Waals surface area contributed by atoms with Gasteiger partial charge in [-0.3, -0.25) is 14.8 Å². The summed E-state index contributed by atoms with van der Waals surface area (Å²) in [6.45, 7) is 11.3. The number of pyridine rings is 1. The van der Waals surface area contributed by atoms with Crippen molar-refractivity contribution < 1.29 is 0 Å². The monoisotopic (exact) mass is 335 g/mol. The molecule has 1 aromatic heterocycles. The van der Waals surface area contributed by atoms with E-state index in [9.17, 15) is 0 Å². The van der Waals surface area contributed by atoms with E-state index in [1.807, 2.05) is 6.20 Å². The van der Waals surface area contributed by atoms with E-state index < -0.39 is 0 Å². The first-order chi connectivity index (χ1) is 12.1. The van der Waals surface area contributed by atoms with Gasteiger partial charge in [-0.2, -0.15) is 0 Å². The molecule has 25 heavy (non-hydrogen) atoms. The lowest BCUT2D eigenvalue weighted by molar-refractivity contribution is 0.202. The maximum Gasteiger partial charge on any atom is 0.0589 e. The van der Waals surface area contributed by atoms with E-state index >= 15 is 0 Å². The Morgan fingerprint density at radius 2 is 1.80 bits per heavy atom. The summed E-state index contributed by atoms with van der Waals surface area (Å²) in [6.07, 6.45) is 4.22. The Bertz CT molecular complexity index is 728. The topological polar surface area (TPSA) is 19.4 Å². The first-order valence-corrected chi connectivity index (χ1v) is 9.61. The number of nitrogens with zero attached hydrogens (tertiary/aromatic N) is 3. The first kappa shape index (κ1) is 16.7. The lowest BCUT2D eigenvalue weighted by atomic mass is 9.94. The van der Waals surface area contributed by atoms with Gasteiger partial charge in [-0.1, -0.05) is 24.3 Å². The molecule has 3 nitrogen and oxygen atoms in total. The van der Waals surface area contributed by atoms with Crippen molar-refractivity contribution in [2.24, 2.45) is 0 Å². The highest BCUT2D eigenvalue weighted by molar-refractivity contribution is 5.34. The largest absolute Gasteiger partial charge is 0.296 e. The van der Waals surface area contributed by atoms with Gasteiger partial charge < -0.3 is 0 Å². The third kappa shape index (κ3) is 3.49. The minimum atomic E-state index is 0.539. The summed E-state index contributed by atoms with van der Waals surface area (Å²) in [6, 6.07) is 12.6. The Morgan fingerprint density at radius 1 is 0.960 bits per heavy atom. The number of benzene rings is 1. The van der Waals surface area contributed by atoms with Gasteiger partial charge in [-0.25, -0.2) is 0 Å². The quantitative estimate of drug-likeness (QED) is 0.847. The maximum absolute atomic E-state index is 4.53. The summed E-state index contributed by atoms with van der Waals surface area (Å²) in [5.74, 6) is 0. The van der Waals surface area contributed by atoms with Crippen molar-refractivity contribution in [3.8, 4) is 0 Å². The molecule has 2 aromatic rings. The van der Waals surface area contributed by atoms with Crippen LogP contribution in [0.25, 0.3) is 0 Å². The third-order valence-electron chi connectivity index (χ3n) is 5.91. The zero-order valence-corrected chi connectivity index (χ0v) is 15.7. The van der Waals surface area contributed by atoms with Crippen molar-refractivity contribution in [1.29, 1.82) is 0 Å². The molecule has 0 saturated carbocycles. The zero-order valence-electron chi connectivity index (χ0n) is 15.7. The highest BCUT2D eigenvalue weighted by Crippen LogP contribution is 2.26. The minimum absolute atomic E-state index is 0.539. The van der Waals surface area contributed by atoms with Crippen molar-refractivity contribution in [1.82, 2.24) is 14.8 Å². The average Bonchev–Trinajstić information content (AvgIpc) is 3.05. The second-order valence-electron chi connectivity index (χ2n) is 7.98. The van der Waals surface area contributed by atoms with Crippen LogP contribution < -0.4 is 0 Å². The highest BCUT2D eigenvalue weighted by Gasteiger charge is 2.24. The van der Waals surface area contributed by atoms with Crippen LogP contribution in [0.2, 0.25) is 0 Å². The van der Waals surface area contributed by atoms with E-state index in [0.29, 0.717) is 12.1 Å². The Balaban J connectivity index is 1.44. The number of hydrogen-bond donors (Lipinski definition) is 0. The molecule has 4 rings (SSSR count). The molecular formula is C22H29N3. The van der Waals surface area contributed by atoms with Gasteiger partial charge in [0.2, 0.25) is 0 Å². The van der Waals surface area contributed by atoms with Crippen LogP contribution in [-0.2, 0) is 32.5 Å². The first-order valence-electron chi connectivity index (χ1n) is 9.61. The summed E-state index contributed by atoms with van der Waals surface area (Å²) in [4.78, 5) is 9.67. The van der Waals surface area contributed by atoms with Gasteiger partial charge >= 0.3 is 0 Å². The van der Waals surface area contributed by atoms with Gasteiger partial charge in [0, 0.05) is 44.5 Å². The van der Waals surface area contributed by atoms with Crippen LogP contribution in [0, 0.1) is 0 Å². The van der Waals surface area contributed by atoms with Gasteiger partial charge in [0.1, 0.15) is 0 Å². The SMILES string of the molecule is CC(C)N1CCc2ccc(CC(C)N3Cc4cccnc4C3)cc2C1. The molecule has 1 aromatic carbocycles. The van der Waals surface area contributed by atoms with Gasteiger partial charge in [0.05, 0.1) is 5.69 Å². The fourth-order valence-corrected chi connectivity index (χ4v) is 4.21. The summed E-state index contributed by atoms with van der Waals surface area (Å²) in [5, 5.41) is 0. The molecule has 0 radical (unpaired) electrons. The summed E-state index contributed by atoms with van der Waals surface area (Å²) in [5.41, 5.74) is 7.21. The zero-order chi connectivity index (χ0) is 17.4. The lowest BCUT2D eigenvalue weighted by Crippen LogP contribution is -2.36. The fraction of sp³-hybridized carbons (Fsp3) is 0.500. The molecular weight excluding hydrogens is 306 g/mol. The molecule has 0 fully saturated rings. The van der Waals surface area contributed by atoms with E-state index in [2.05, 4.69) is 65.9 Å². The maximum atomic E-state index is 4.53. The molecule has 0 N–H and O–H groups in total. The number of aromatic nitrogens is 1. The van der Waals surface area contributed by atoms with Crippen LogP contribution in [0.1, 0.15) is 48.7 Å². The molecule has 0 bridgehead atoms. The van der Waals surface area contributed by atoms with Gasteiger partial charge in [0.25, 0.3) is 0 Å². The van der Waals surface area contributed by atoms with Crippen molar-refractivity contribution in [2.75, 3.05) is 6.54 Å². The third-order valence-corrected chi connectivity index (χ3v) is 5.91. The van der Waals surface area contributed by atoms with E-state index in [4.69, 9.17) is 0 Å². The van der Waals surface area contributed by atoms with Gasteiger partial charge in [0.15, 0.2) is 0 Å². The molecule has 0 aliphatic carbocycles. The minimum Gasteiger partial charge on any atom is -0.296 e. The highest BCUT2D eigenvalue weighted by atomic mass is 15.2. The van der Waals surface area contributed by atoms with E-state index in [-0.39, 0.29) is 0 Å². The molecule has 1 atom stereocenters. The van der Waals surface area contributed by atoms with Crippen LogP contribution in [0.3, 0.4) is 0 Å². The molecule has 1 unspecified atom stereocenters. The Hall–Kier alpha value is -1.71.